The van der Waals surface area contributed by atoms with Crippen LogP contribution in [-0.4, -0.2) is 5.84 Å². The third-order valence-electron chi connectivity index (χ3n) is 2.54. The van der Waals surface area contributed by atoms with Gasteiger partial charge in [-0.3, -0.25) is 10.8 Å². The summed E-state index contributed by atoms with van der Waals surface area (Å²) >= 11 is 0. The molecule has 2 aromatic carbocycles. The zero-order chi connectivity index (χ0) is 14.4. The number of hydrogen-bond acceptors (Lipinski definition) is 4. The maximum absolute atomic E-state index is 8.68. The maximum atomic E-state index is 8.68. The van der Waals surface area contributed by atoms with Gasteiger partial charge in [-0.05, 0) is 48.5 Å². The van der Waals surface area contributed by atoms with Crippen molar-refractivity contribution in [1.82, 2.24) is 0 Å². The Labute approximate surface area is 116 Å². The molecular formula is C14H12N6. The molecule has 0 amide bonds. The lowest BCUT2D eigenvalue weighted by atomic mass is 10.2. The third kappa shape index (κ3) is 3.40. The fourth-order valence-corrected chi connectivity index (χ4v) is 1.47. The number of nitrogen functional groups attached to an aromatic ring is 1. The monoisotopic (exact) mass is 264 g/mol. The number of rotatable bonds is 4. The fraction of sp³-hybridized carbons (Fsp3) is 0. The van der Waals surface area contributed by atoms with Gasteiger partial charge in [-0.2, -0.15) is 5.26 Å². The highest BCUT2D eigenvalue weighted by Gasteiger charge is 1.96. The Bertz CT molecular complexity index is 664. The van der Waals surface area contributed by atoms with Crippen molar-refractivity contribution in [2.75, 3.05) is 5.43 Å². The fourth-order valence-electron chi connectivity index (χ4n) is 1.47. The van der Waals surface area contributed by atoms with Crippen molar-refractivity contribution in [2.45, 2.75) is 0 Å². The van der Waals surface area contributed by atoms with Crippen LogP contribution in [0.15, 0.2) is 58.9 Å². The van der Waals surface area contributed by atoms with Gasteiger partial charge < -0.3 is 5.73 Å². The molecule has 6 heteroatoms. The van der Waals surface area contributed by atoms with Gasteiger partial charge >= 0.3 is 0 Å². The van der Waals surface area contributed by atoms with E-state index in [0.29, 0.717) is 16.8 Å². The summed E-state index contributed by atoms with van der Waals surface area (Å²) in [4.78, 5) is 0. The van der Waals surface area contributed by atoms with Crippen LogP contribution >= 0.6 is 0 Å². The Hall–Kier alpha value is -3.20. The second kappa shape index (κ2) is 6.11. The van der Waals surface area contributed by atoms with Crippen LogP contribution in [0.3, 0.4) is 0 Å². The number of amidine groups is 1. The molecule has 0 saturated carbocycles. The molecule has 2 aromatic rings. The molecule has 6 nitrogen and oxygen atoms in total. The van der Waals surface area contributed by atoms with Crippen molar-refractivity contribution in [1.29, 1.82) is 10.7 Å². The van der Waals surface area contributed by atoms with Gasteiger partial charge in [0.25, 0.3) is 0 Å². The molecule has 4 N–H and O–H groups in total. The van der Waals surface area contributed by atoms with Gasteiger partial charge in [-0.15, -0.1) is 5.11 Å². The molecule has 0 unspecified atom stereocenters. The Kier molecular flexibility index (Phi) is 4.04. The number of nitriles is 1. The summed E-state index contributed by atoms with van der Waals surface area (Å²) in [6.45, 7) is 0. The van der Waals surface area contributed by atoms with Gasteiger partial charge in [0.1, 0.15) is 5.84 Å². The largest absolute Gasteiger partial charge is 0.384 e. The minimum Gasteiger partial charge on any atom is -0.384 e. The summed E-state index contributed by atoms with van der Waals surface area (Å²) < 4.78 is 0. The Balaban J connectivity index is 1.99. The van der Waals surface area contributed by atoms with E-state index in [9.17, 15) is 0 Å². The van der Waals surface area contributed by atoms with Gasteiger partial charge in [0.05, 0.1) is 23.0 Å². The Morgan fingerprint density at radius 2 is 1.75 bits per heavy atom. The van der Waals surface area contributed by atoms with E-state index in [1.807, 2.05) is 6.07 Å². The SMILES string of the molecule is N#Cc1ccc(NN=Nc2ccc(C(=N)N)cc2)cc1. The van der Waals surface area contributed by atoms with Gasteiger partial charge in [-0.1, -0.05) is 5.22 Å². The molecule has 20 heavy (non-hydrogen) atoms. The molecule has 0 aliphatic carbocycles. The van der Waals surface area contributed by atoms with Crippen molar-refractivity contribution < 1.29 is 0 Å². The van der Waals surface area contributed by atoms with Crippen molar-refractivity contribution in [3.63, 3.8) is 0 Å². The van der Waals surface area contributed by atoms with Crippen LogP contribution in [-0.2, 0) is 0 Å². The molecule has 0 saturated heterocycles. The van der Waals surface area contributed by atoms with E-state index in [0.717, 1.165) is 5.69 Å². The van der Waals surface area contributed by atoms with E-state index in [2.05, 4.69) is 15.8 Å². The number of anilines is 1. The average Bonchev–Trinajstić information content (AvgIpc) is 2.48. The number of hydrogen-bond donors (Lipinski definition) is 3. The van der Waals surface area contributed by atoms with Gasteiger partial charge in [-0.25, -0.2) is 0 Å². The minimum absolute atomic E-state index is 0.0178. The first kappa shape index (κ1) is 13.2. The summed E-state index contributed by atoms with van der Waals surface area (Å²) in [7, 11) is 0. The molecule has 0 aliphatic rings. The molecule has 0 heterocycles. The van der Waals surface area contributed by atoms with E-state index >= 15 is 0 Å². The van der Waals surface area contributed by atoms with Crippen LogP contribution in [0.4, 0.5) is 11.4 Å². The molecule has 0 aliphatic heterocycles. The van der Waals surface area contributed by atoms with Crippen LogP contribution < -0.4 is 11.2 Å². The van der Waals surface area contributed by atoms with Crippen LogP contribution in [0.25, 0.3) is 0 Å². The van der Waals surface area contributed by atoms with E-state index in [1.54, 1.807) is 48.5 Å². The van der Waals surface area contributed by atoms with Crippen molar-refractivity contribution in [3.05, 3.63) is 59.7 Å². The van der Waals surface area contributed by atoms with Gasteiger partial charge in [0.15, 0.2) is 0 Å². The first-order valence-electron chi connectivity index (χ1n) is 5.80. The predicted octanol–water partition coefficient (Wildman–Crippen LogP) is 2.95. The van der Waals surface area contributed by atoms with Crippen molar-refractivity contribution in [3.8, 4) is 6.07 Å². The maximum Gasteiger partial charge on any atom is 0.122 e. The number of nitrogens with zero attached hydrogens (tertiary/aromatic N) is 3. The lowest BCUT2D eigenvalue weighted by molar-refractivity contribution is 1.13. The normalized spacial score (nSPS) is 10.2. The lowest BCUT2D eigenvalue weighted by Gasteiger charge is -1.99. The quantitative estimate of drug-likeness (QED) is 0.341. The topological polar surface area (TPSA) is 110 Å². The summed E-state index contributed by atoms with van der Waals surface area (Å²) in [6.07, 6.45) is 0. The third-order valence-corrected chi connectivity index (χ3v) is 2.54. The first-order valence-corrected chi connectivity index (χ1v) is 5.80. The molecule has 0 bridgehead atoms. The Morgan fingerprint density at radius 3 is 2.30 bits per heavy atom. The predicted molar refractivity (Wildman–Crippen MR) is 76.8 cm³/mol. The zero-order valence-electron chi connectivity index (χ0n) is 10.5. The molecule has 0 fully saturated rings. The molecule has 0 radical (unpaired) electrons. The number of benzene rings is 2. The summed E-state index contributed by atoms with van der Waals surface area (Å²) in [5.41, 5.74) is 10.7. The standard InChI is InChI=1S/C14H12N6/c15-9-10-1-5-12(6-2-10)18-20-19-13-7-3-11(4-8-13)14(16)17/h1-8H,(H3,16,17)(H,18,19). The second-order valence-corrected chi connectivity index (χ2v) is 3.96. The average molecular weight is 264 g/mol. The van der Waals surface area contributed by atoms with E-state index in [1.165, 1.54) is 0 Å². The van der Waals surface area contributed by atoms with E-state index in [-0.39, 0.29) is 5.84 Å². The summed E-state index contributed by atoms with van der Waals surface area (Å²) in [5.74, 6) is 0.0178. The number of nitrogens with two attached hydrogens (primary N) is 1. The minimum atomic E-state index is 0.0178. The first-order chi connectivity index (χ1) is 9.69. The van der Waals surface area contributed by atoms with Gasteiger partial charge in [0, 0.05) is 5.56 Å². The summed E-state index contributed by atoms with van der Waals surface area (Å²) in [5, 5.41) is 23.8. The van der Waals surface area contributed by atoms with Gasteiger partial charge in [0.2, 0.25) is 0 Å². The smallest absolute Gasteiger partial charge is 0.122 e. The van der Waals surface area contributed by atoms with Crippen molar-refractivity contribution in [2.24, 2.45) is 16.1 Å². The second-order valence-electron chi connectivity index (χ2n) is 3.96. The summed E-state index contributed by atoms with van der Waals surface area (Å²) in [6, 6.07) is 15.8. The van der Waals surface area contributed by atoms with Crippen LogP contribution in [0.1, 0.15) is 11.1 Å². The number of nitrogens with one attached hydrogen (secondary N) is 2. The van der Waals surface area contributed by atoms with Crippen LogP contribution in [0, 0.1) is 16.7 Å². The van der Waals surface area contributed by atoms with Crippen LogP contribution in [0.5, 0.6) is 0 Å². The van der Waals surface area contributed by atoms with Crippen LogP contribution in [0.2, 0.25) is 0 Å². The lowest BCUT2D eigenvalue weighted by Crippen LogP contribution is -2.10. The molecule has 0 aromatic heterocycles. The van der Waals surface area contributed by atoms with E-state index in [4.69, 9.17) is 16.4 Å². The zero-order valence-corrected chi connectivity index (χ0v) is 10.5. The molecule has 2 rings (SSSR count). The molecule has 0 spiro atoms. The molecule has 98 valence electrons. The Morgan fingerprint density at radius 1 is 1.10 bits per heavy atom. The highest BCUT2D eigenvalue weighted by atomic mass is 15.4. The highest BCUT2D eigenvalue weighted by Crippen LogP contribution is 2.14. The molecular weight excluding hydrogens is 252 g/mol. The van der Waals surface area contributed by atoms with E-state index < -0.39 is 0 Å². The van der Waals surface area contributed by atoms with Crippen molar-refractivity contribution >= 4 is 17.2 Å². The highest BCUT2D eigenvalue weighted by molar-refractivity contribution is 5.95. The molecule has 0 atom stereocenters.